The molecule has 0 radical (unpaired) electrons. The van der Waals surface area contributed by atoms with Crippen LogP contribution in [0.3, 0.4) is 0 Å². The maximum absolute atomic E-state index is 13.0. The van der Waals surface area contributed by atoms with Crippen molar-refractivity contribution in [3.63, 3.8) is 0 Å². The number of fused-ring (bicyclic) bond motifs is 1. The third-order valence-corrected chi connectivity index (χ3v) is 7.19. The number of benzene rings is 1. The number of hydrogen-bond acceptors (Lipinski definition) is 5. The van der Waals surface area contributed by atoms with Crippen molar-refractivity contribution >= 4 is 32.7 Å². The largest absolute Gasteiger partial charge is 0.326 e. The molecule has 0 unspecified atom stereocenters. The summed E-state index contributed by atoms with van der Waals surface area (Å²) in [5.74, 6) is 0.0106. The highest BCUT2D eigenvalue weighted by atomic mass is 32.2. The summed E-state index contributed by atoms with van der Waals surface area (Å²) >= 11 is 0. The number of anilines is 1. The maximum Gasteiger partial charge on any atom is 0.243 e. The number of rotatable bonds is 4. The third-order valence-electron chi connectivity index (χ3n) is 5.28. The highest BCUT2D eigenvalue weighted by Gasteiger charge is 2.31. The van der Waals surface area contributed by atoms with E-state index in [2.05, 4.69) is 15.4 Å². The predicted octanol–water partition coefficient (Wildman–Crippen LogP) is 2.50. The Kier molecular flexibility index (Phi) is 5.10. The minimum Gasteiger partial charge on any atom is -0.326 e. The average Bonchev–Trinajstić information content (AvgIpc) is 3.05. The van der Waals surface area contributed by atoms with Gasteiger partial charge < -0.3 is 5.32 Å². The topological polar surface area (TPSA) is 97.2 Å². The third kappa shape index (κ3) is 3.75. The number of nitrogens with zero attached hydrogens (tertiary/aromatic N) is 4. The lowest BCUT2D eigenvalue weighted by molar-refractivity contribution is -0.114. The number of hydrogen-bond donors (Lipinski definition) is 1. The van der Waals surface area contributed by atoms with Gasteiger partial charge in [0, 0.05) is 50.2 Å². The van der Waals surface area contributed by atoms with Gasteiger partial charge in [-0.05, 0) is 49.2 Å². The fourth-order valence-corrected chi connectivity index (χ4v) is 5.32. The summed E-state index contributed by atoms with van der Waals surface area (Å²) in [5, 5.41) is 8.32. The lowest BCUT2D eigenvalue weighted by Gasteiger charge is -2.30. The van der Waals surface area contributed by atoms with E-state index in [1.54, 1.807) is 23.0 Å². The van der Waals surface area contributed by atoms with Gasteiger partial charge in [0.25, 0.3) is 0 Å². The first-order chi connectivity index (χ1) is 13.9. The van der Waals surface area contributed by atoms with E-state index in [1.807, 2.05) is 19.2 Å². The molecule has 1 saturated heterocycles. The summed E-state index contributed by atoms with van der Waals surface area (Å²) in [6.45, 7) is 2.30. The minimum absolute atomic E-state index is 0.195. The Labute approximate surface area is 169 Å². The lowest BCUT2D eigenvalue weighted by atomic mass is 9.93. The molecule has 0 spiro atoms. The SMILES string of the molecule is CC(=O)Nc1ccc(S(=O)(=O)N2CCC(c3nn(C)c4ncccc34)CC2)cc1. The fourth-order valence-electron chi connectivity index (χ4n) is 3.85. The first-order valence-electron chi connectivity index (χ1n) is 9.51. The predicted molar refractivity (Wildman–Crippen MR) is 110 cm³/mol. The van der Waals surface area contributed by atoms with Crippen molar-refractivity contribution in [3.8, 4) is 0 Å². The van der Waals surface area contributed by atoms with Crippen LogP contribution in [0.4, 0.5) is 5.69 Å². The number of pyridine rings is 1. The van der Waals surface area contributed by atoms with E-state index < -0.39 is 10.0 Å². The molecule has 1 aliphatic heterocycles. The van der Waals surface area contributed by atoms with Crippen LogP contribution >= 0.6 is 0 Å². The van der Waals surface area contributed by atoms with Crippen molar-refractivity contribution in [1.82, 2.24) is 19.1 Å². The van der Waals surface area contributed by atoms with Gasteiger partial charge in [-0.1, -0.05) is 0 Å². The minimum atomic E-state index is -3.57. The summed E-state index contributed by atoms with van der Waals surface area (Å²) in [5.41, 5.74) is 2.41. The monoisotopic (exact) mass is 413 g/mol. The van der Waals surface area contributed by atoms with Crippen molar-refractivity contribution in [1.29, 1.82) is 0 Å². The van der Waals surface area contributed by atoms with Crippen molar-refractivity contribution in [2.45, 2.75) is 30.6 Å². The van der Waals surface area contributed by atoms with Crippen molar-refractivity contribution < 1.29 is 13.2 Å². The second kappa shape index (κ2) is 7.57. The quantitative estimate of drug-likeness (QED) is 0.709. The van der Waals surface area contributed by atoms with Gasteiger partial charge in [0.2, 0.25) is 15.9 Å². The van der Waals surface area contributed by atoms with Gasteiger partial charge in [-0.3, -0.25) is 9.48 Å². The zero-order valence-corrected chi connectivity index (χ0v) is 17.2. The number of aromatic nitrogens is 3. The van der Waals surface area contributed by atoms with Crippen LogP contribution in [0.25, 0.3) is 11.0 Å². The first kappa shape index (κ1) is 19.5. The Morgan fingerprint density at radius 3 is 2.48 bits per heavy atom. The van der Waals surface area contributed by atoms with Gasteiger partial charge in [-0.15, -0.1) is 0 Å². The molecule has 0 saturated carbocycles. The van der Waals surface area contributed by atoms with E-state index in [-0.39, 0.29) is 16.7 Å². The van der Waals surface area contributed by atoms with Crippen LogP contribution in [-0.4, -0.2) is 46.5 Å². The van der Waals surface area contributed by atoms with Gasteiger partial charge in [-0.2, -0.15) is 9.40 Å². The number of nitrogens with one attached hydrogen (secondary N) is 1. The molecule has 4 rings (SSSR count). The van der Waals surface area contributed by atoms with Crippen LogP contribution in [-0.2, 0) is 21.9 Å². The maximum atomic E-state index is 13.0. The van der Waals surface area contributed by atoms with Gasteiger partial charge in [0.15, 0.2) is 5.65 Å². The Morgan fingerprint density at radius 2 is 1.83 bits per heavy atom. The van der Waals surface area contributed by atoms with Crippen molar-refractivity contribution in [2.24, 2.45) is 7.05 Å². The summed E-state index contributed by atoms with van der Waals surface area (Å²) in [6.07, 6.45) is 3.18. The van der Waals surface area contributed by atoms with Crippen LogP contribution < -0.4 is 5.32 Å². The Morgan fingerprint density at radius 1 is 1.14 bits per heavy atom. The van der Waals surface area contributed by atoms with Gasteiger partial charge in [0.1, 0.15) is 0 Å². The molecule has 1 fully saturated rings. The fraction of sp³-hybridized carbons (Fsp3) is 0.350. The van der Waals surface area contributed by atoms with Crippen LogP contribution in [0.1, 0.15) is 31.4 Å². The molecule has 2 aromatic heterocycles. The van der Waals surface area contributed by atoms with E-state index in [1.165, 1.54) is 23.4 Å². The Balaban J connectivity index is 1.49. The summed E-state index contributed by atoms with van der Waals surface area (Å²) in [7, 11) is -1.69. The molecular weight excluding hydrogens is 390 g/mol. The Hall–Kier alpha value is -2.78. The molecule has 1 aromatic carbocycles. The molecule has 152 valence electrons. The van der Waals surface area contributed by atoms with Gasteiger partial charge in [0.05, 0.1) is 10.6 Å². The summed E-state index contributed by atoms with van der Waals surface area (Å²) < 4.78 is 29.3. The lowest BCUT2D eigenvalue weighted by Crippen LogP contribution is -2.38. The number of carbonyl (C=O) groups excluding carboxylic acids is 1. The van der Waals surface area contributed by atoms with Crippen LogP contribution in [0.15, 0.2) is 47.5 Å². The van der Waals surface area contributed by atoms with E-state index >= 15 is 0 Å². The van der Waals surface area contributed by atoms with Crippen LogP contribution in [0.2, 0.25) is 0 Å². The molecule has 3 aromatic rings. The molecule has 1 aliphatic rings. The second-order valence-corrected chi connectivity index (χ2v) is 9.21. The second-order valence-electron chi connectivity index (χ2n) is 7.27. The first-order valence-corrected chi connectivity index (χ1v) is 11.0. The smallest absolute Gasteiger partial charge is 0.243 e. The molecule has 1 amide bonds. The van der Waals surface area contributed by atoms with Crippen LogP contribution in [0, 0.1) is 0 Å². The highest BCUT2D eigenvalue weighted by molar-refractivity contribution is 7.89. The number of sulfonamides is 1. The van der Waals surface area contributed by atoms with Crippen molar-refractivity contribution in [3.05, 3.63) is 48.3 Å². The molecule has 1 N–H and O–H groups in total. The summed E-state index contributed by atoms with van der Waals surface area (Å²) in [4.78, 5) is 15.7. The number of carbonyl (C=O) groups is 1. The molecule has 0 bridgehead atoms. The molecule has 29 heavy (non-hydrogen) atoms. The number of amides is 1. The number of aryl methyl sites for hydroxylation is 1. The summed E-state index contributed by atoms with van der Waals surface area (Å²) in [6, 6.07) is 10.2. The van der Waals surface area contributed by atoms with E-state index in [0.717, 1.165) is 16.7 Å². The molecule has 9 heteroatoms. The van der Waals surface area contributed by atoms with E-state index in [0.29, 0.717) is 31.6 Å². The standard InChI is InChI=1S/C20H23N5O3S/c1-14(26)22-16-5-7-17(8-6-16)29(27,28)25-12-9-15(10-13-25)19-18-4-3-11-21-20(18)24(2)23-19/h3-8,11,15H,9-10,12-13H2,1-2H3,(H,22,26). The highest BCUT2D eigenvalue weighted by Crippen LogP contribution is 2.33. The van der Waals surface area contributed by atoms with Crippen LogP contribution in [0.5, 0.6) is 0 Å². The molecule has 3 heterocycles. The van der Waals surface area contributed by atoms with Gasteiger partial charge >= 0.3 is 0 Å². The van der Waals surface area contributed by atoms with Gasteiger partial charge in [-0.25, -0.2) is 13.4 Å². The van der Waals surface area contributed by atoms with E-state index in [4.69, 9.17) is 0 Å². The zero-order valence-electron chi connectivity index (χ0n) is 16.4. The normalized spacial score (nSPS) is 16.2. The molecule has 0 aliphatic carbocycles. The van der Waals surface area contributed by atoms with Crippen molar-refractivity contribution in [2.75, 3.05) is 18.4 Å². The molecule has 8 nitrogen and oxygen atoms in total. The number of piperidine rings is 1. The zero-order chi connectivity index (χ0) is 20.6. The molecular formula is C20H23N5O3S. The van der Waals surface area contributed by atoms with E-state index in [9.17, 15) is 13.2 Å². The Bertz CT molecular complexity index is 1150. The molecule has 0 atom stereocenters. The average molecular weight is 414 g/mol.